The number of amides is 1. The lowest BCUT2D eigenvalue weighted by Crippen LogP contribution is -2.17. The predicted octanol–water partition coefficient (Wildman–Crippen LogP) is 4.20. The number of aryl methyl sites for hydroxylation is 1. The van der Waals surface area contributed by atoms with Gasteiger partial charge in [0, 0.05) is 17.3 Å². The van der Waals surface area contributed by atoms with Crippen LogP contribution >= 0.6 is 0 Å². The molecule has 0 aliphatic carbocycles. The lowest BCUT2D eigenvalue weighted by molar-refractivity contribution is 0.102. The molecule has 29 heavy (non-hydrogen) atoms. The van der Waals surface area contributed by atoms with E-state index < -0.39 is 21.7 Å². The quantitative estimate of drug-likeness (QED) is 0.633. The van der Waals surface area contributed by atoms with Crippen molar-refractivity contribution in [3.63, 3.8) is 0 Å². The zero-order valence-electron chi connectivity index (χ0n) is 15.8. The van der Waals surface area contributed by atoms with Gasteiger partial charge in [0.15, 0.2) is 0 Å². The van der Waals surface area contributed by atoms with Crippen molar-refractivity contribution in [2.45, 2.75) is 11.8 Å². The van der Waals surface area contributed by atoms with Gasteiger partial charge in [-0.05, 0) is 48.9 Å². The highest BCUT2D eigenvalue weighted by Crippen LogP contribution is 2.23. The normalized spacial score (nSPS) is 11.0. The first-order chi connectivity index (χ1) is 13.8. The van der Waals surface area contributed by atoms with Gasteiger partial charge >= 0.3 is 0 Å². The molecule has 0 spiro atoms. The summed E-state index contributed by atoms with van der Waals surface area (Å²) >= 11 is 0. The summed E-state index contributed by atoms with van der Waals surface area (Å²) in [5.41, 5.74) is 1.11. The van der Waals surface area contributed by atoms with Crippen molar-refractivity contribution >= 4 is 27.3 Å². The maximum absolute atomic E-state index is 13.8. The number of halogens is 1. The van der Waals surface area contributed by atoms with E-state index in [1.807, 2.05) is 0 Å². The van der Waals surface area contributed by atoms with Crippen molar-refractivity contribution in [3.05, 3.63) is 83.7 Å². The second kappa shape index (κ2) is 8.32. The topological polar surface area (TPSA) is 84.5 Å². The average Bonchev–Trinajstić information content (AvgIpc) is 2.70. The molecule has 3 rings (SSSR count). The Balaban J connectivity index is 1.89. The van der Waals surface area contributed by atoms with E-state index in [2.05, 4.69) is 10.0 Å². The Hall–Kier alpha value is -3.39. The molecular formula is C21H19FN2O4S. The summed E-state index contributed by atoms with van der Waals surface area (Å²) in [5.74, 6) is -0.595. The largest absolute Gasteiger partial charge is 0.497 e. The number of para-hydroxylation sites is 1. The smallest absolute Gasteiger partial charge is 0.262 e. The number of methoxy groups -OCH3 is 1. The molecule has 0 saturated heterocycles. The lowest BCUT2D eigenvalue weighted by atomic mass is 10.1. The Morgan fingerprint density at radius 3 is 2.48 bits per heavy atom. The van der Waals surface area contributed by atoms with Crippen LogP contribution in [0.3, 0.4) is 0 Å². The van der Waals surface area contributed by atoms with Crippen LogP contribution in [0, 0.1) is 12.7 Å². The second-order valence-electron chi connectivity index (χ2n) is 6.25. The Bertz CT molecular complexity index is 1160. The SMILES string of the molecule is COc1cccc(NC(=O)c2cc(S(=O)(=O)Nc3ccccc3F)ccc2C)c1. The maximum atomic E-state index is 13.8. The van der Waals surface area contributed by atoms with Gasteiger partial charge in [-0.1, -0.05) is 24.3 Å². The van der Waals surface area contributed by atoms with Gasteiger partial charge in [0.05, 0.1) is 17.7 Å². The zero-order valence-corrected chi connectivity index (χ0v) is 16.6. The van der Waals surface area contributed by atoms with Crippen LogP contribution in [0.15, 0.2) is 71.6 Å². The van der Waals surface area contributed by atoms with Crippen molar-refractivity contribution in [1.29, 1.82) is 0 Å². The molecule has 0 fully saturated rings. The number of hydrogen-bond acceptors (Lipinski definition) is 4. The molecular weight excluding hydrogens is 395 g/mol. The summed E-state index contributed by atoms with van der Waals surface area (Å²) in [6, 6.07) is 16.4. The summed E-state index contributed by atoms with van der Waals surface area (Å²) in [6.07, 6.45) is 0. The number of nitrogens with one attached hydrogen (secondary N) is 2. The Morgan fingerprint density at radius 1 is 1.00 bits per heavy atom. The second-order valence-corrected chi connectivity index (χ2v) is 7.93. The van der Waals surface area contributed by atoms with E-state index in [0.29, 0.717) is 17.0 Å². The Kier molecular flexibility index (Phi) is 5.84. The Labute approximate surface area is 168 Å². The van der Waals surface area contributed by atoms with Crippen molar-refractivity contribution in [2.24, 2.45) is 0 Å². The van der Waals surface area contributed by atoms with E-state index in [4.69, 9.17) is 4.74 Å². The highest BCUT2D eigenvalue weighted by molar-refractivity contribution is 7.92. The minimum absolute atomic E-state index is 0.151. The van der Waals surface area contributed by atoms with Crippen molar-refractivity contribution in [2.75, 3.05) is 17.1 Å². The van der Waals surface area contributed by atoms with Crippen LogP contribution in [0.5, 0.6) is 5.75 Å². The summed E-state index contributed by atoms with van der Waals surface area (Å²) in [4.78, 5) is 12.5. The fraction of sp³-hybridized carbons (Fsp3) is 0.0952. The molecule has 0 aliphatic heterocycles. The van der Waals surface area contributed by atoms with Gasteiger partial charge in [-0.15, -0.1) is 0 Å². The summed E-state index contributed by atoms with van der Waals surface area (Å²) < 4.78 is 46.5. The van der Waals surface area contributed by atoms with Crippen LogP contribution in [-0.2, 0) is 10.0 Å². The molecule has 3 aromatic carbocycles. The molecule has 0 heterocycles. The zero-order chi connectivity index (χ0) is 21.0. The molecule has 8 heteroatoms. The van der Waals surface area contributed by atoms with Gasteiger partial charge in [0.2, 0.25) is 0 Å². The number of benzene rings is 3. The first kappa shape index (κ1) is 20.3. The van der Waals surface area contributed by atoms with Crippen LogP contribution in [0.2, 0.25) is 0 Å². The third kappa shape index (κ3) is 4.72. The van der Waals surface area contributed by atoms with Crippen molar-refractivity contribution < 1.29 is 22.3 Å². The van der Waals surface area contributed by atoms with E-state index in [9.17, 15) is 17.6 Å². The molecule has 150 valence electrons. The van der Waals surface area contributed by atoms with Gasteiger partial charge in [0.25, 0.3) is 15.9 Å². The summed E-state index contributed by atoms with van der Waals surface area (Å²) in [6.45, 7) is 1.70. The van der Waals surface area contributed by atoms with Gasteiger partial charge in [-0.2, -0.15) is 0 Å². The molecule has 0 bridgehead atoms. The molecule has 1 amide bonds. The third-order valence-electron chi connectivity index (χ3n) is 4.21. The molecule has 0 aromatic heterocycles. The van der Waals surface area contributed by atoms with E-state index in [0.717, 1.165) is 6.07 Å². The molecule has 6 nitrogen and oxygen atoms in total. The van der Waals surface area contributed by atoms with Crippen molar-refractivity contribution in [1.82, 2.24) is 0 Å². The third-order valence-corrected chi connectivity index (χ3v) is 5.57. The minimum Gasteiger partial charge on any atom is -0.497 e. The summed E-state index contributed by atoms with van der Waals surface area (Å²) in [7, 11) is -2.57. The fourth-order valence-electron chi connectivity index (χ4n) is 2.66. The standard InChI is InChI=1S/C21H19FN2O4S/c1-14-10-11-17(29(26,27)24-20-9-4-3-8-19(20)22)13-18(14)21(25)23-15-6-5-7-16(12-15)28-2/h3-13,24H,1-2H3,(H,23,25). The van der Waals surface area contributed by atoms with Crippen molar-refractivity contribution in [3.8, 4) is 5.75 Å². The fourth-order valence-corrected chi connectivity index (χ4v) is 3.75. The Morgan fingerprint density at radius 2 is 1.76 bits per heavy atom. The van der Waals surface area contributed by atoms with E-state index >= 15 is 0 Å². The van der Waals surface area contributed by atoms with Gasteiger partial charge in [-0.25, -0.2) is 12.8 Å². The predicted molar refractivity (Wildman–Crippen MR) is 109 cm³/mol. The first-order valence-electron chi connectivity index (χ1n) is 8.63. The molecule has 0 radical (unpaired) electrons. The van der Waals surface area contributed by atoms with Crippen LogP contribution in [0.4, 0.5) is 15.8 Å². The average molecular weight is 414 g/mol. The van der Waals surface area contributed by atoms with Gasteiger partial charge in [0.1, 0.15) is 11.6 Å². The van der Waals surface area contributed by atoms with E-state index in [1.54, 1.807) is 31.2 Å². The van der Waals surface area contributed by atoms with Crippen LogP contribution in [-0.4, -0.2) is 21.4 Å². The van der Waals surface area contributed by atoms with Gasteiger partial charge in [-0.3, -0.25) is 9.52 Å². The highest BCUT2D eigenvalue weighted by Gasteiger charge is 2.19. The van der Waals surface area contributed by atoms with E-state index in [1.165, 1.54) is 43.5 Å². The molecule has 0 unspecified atom stereocenters. The molecule has 0 atom stereocenters. The number of sulfonamides is 1. The monoisotopic (exact) mass is 414 g/mol. The number of ether oxygens (including phenoxy) is 1. The number of anilines is 2. The number of rotatable bonds is 6. The minimum atomic E-state index is -4.08. The number of hydrogen-bond donors (Lipinski definition) is 2. The first-order valence-corrected chi connectivity index (χ1v) is 10.1. The van der Waals surface area contributed by atoms with Crippen LogP contribution in [0.1, 0.15) is 15.9 Å². The lowest BCUT2D eigenvalue weighted by Gasteiger charge is -2.12. The number of carbonyl (C=O) groups excluding carboxylic acids is 1. The molecule has 2 N–H and O–H groups in total. The molecule has 0 saturated carbocycles. The number of carbonyl (C=O) groups is 1. The van der Waals surface area contributed by atoms with E-state index in [-0.39, 0.29) is 16.1 Å². The van der Waals surface area contributed by atoms with Crippen LogP contribution < -0.4 is 14.8 Å². The van der Waals surface area contributed by atoms with Gasteiger partial charge < -0.3 is 10.1 Å². The maximum Gasteiger partial charge on any atom is 0.262 e. The highest BCUT2D eigenvalue weighted by atomic mass is 32.2. The summed E-state index contributed by atoms with van der Waals surface area (Å²) in [5, 5.41) is 2.72. The molecule has 3 aromatic rings. The van der Waals surface area contributed by atoms with Crippen LogP contribution in [0.25, 0.3) is 0 Å². The molecule has 0 aliphatic rings.